The van der Waals surface area contributed by atoms with Crippen molar-refractivity contribution in [2.45, 2.75) is 19.8 Å². The molecule has 0 unspecified atom stereocenters. The molecule has 170 valence electrons. The maximum absolute atomic E-state index is 13.0. The highest BCUT2D eigenvalue weighted by molar-refractivity contribution is 6.02. The van der Waals surface area contributed by atoms with Crippen LogP contribution in [0.15, 0.2) is 79.3 Å². The number of fused-ring (bicyclic) bond motifs is 1. The number of aromatic amines is 1. The highest BCUT2D eigenvalue weighted by atomic mass is 16.3. The van der Waals surface area contributed by atoms with E-state index in [1.807, 2.05) is 6.92 Å². The zero-order valence-electron chi connectivity index (χ0n) is 18.1. The minimum absolute atomic E-state index is 0.129. The van der Waals surface area contributed by atoms with Gasteiger partial charge in [0.2, 0.25) is 5.95 Å². The highest BCUT2D eigenvalue weighted by Gasteiger charge is 2.20. The van der Waals surface area contributed by atoms with Gasteiger partial charge in [-0.05, 0) is 30.7 Å². The normalized spacial score (nSPS) is 11.1. The number of benzene rings is 1. The van der Waals surface area contributed by atoms with E-state index in [2.05, 4.69) is 20.4 Å². The number of aromatic nitrogens is 4. The van der Waals surface area contributed by atoms with Crippen LogP contribution in [0.3, 0.4) is 0 Å². The second-order valence-electron chi connectivity index (χ2n) is 7.54. The monoisotopic (exact) mass is 457 g/mol. The number of para-hydroxylation sites is 1. The number of carbonyl (C=O) groups is 1. The number of aryl methyl sites for hydroxylation is 1. The number of anilines is 1. The van der Waals surface area contributed by atoms with E-state index in [-0.39, 0.29) is 28.5 Å². The van der Waals surface area contributed by atoms with Gasteiger partial charge in [0.15, 0.2) is 16.9 Å². The van der Waals surface area contributed by atoms with Crippen molar-refractivity contribution in [2.75, 3.05) is 5.32 Å². The molecule has 1 amide bonds. The number of rotatable bonds is 6. The number of nitrogens with zero attached hydrogens (tertiary/aromatic N) is 3. The lowest BCUT2D eigenvalue weighted by Gasteiger charge is -2.09. The first-order chi connectivity index (χ1) is 16.5. The van der Waals surface area contributed by atoms with E-state index in [9.17, 15) is 14.4 Å². The Morgan fingerprint density at radius 3 is 2.76 bits per heavy atom. The maximum atomic E-state index is 13.0. The maximum Gasteiger partial charge on any atom is 0.292 e. The van der Waals surface area contributed by atoms with Gasteiger partial charge in [-0.1, -0.05) is 25.5 Å². The molecule has 10 heteroatoms. The van der Waals surface area contributed by atoms with Crippen LogP contribution < -0.4 is 16.3 Å². The fraction of sp³-hybridized carbons (Fsp3) is 0.125. The van der Waals surface area contributed by atoms with Crippen molar-refractivity contribution in [3.63, 3.8) is 0 Å². The summed E-state index contributed by atoms with van der Waals surface area (Å²) in [6, 6.07) is 14.2. The number of amides is 1. The van der Waals surface area contributed by atoms with Crippen LogP contribution in [0, 0.1) is 0 Å². The van der Waals surface area contributed by atoms with Crippen LogP contribution in [0.5, 0.6) is 0 Å². The van der Waals surface area contributed by atoms with Crippen LogP contribution in [0.25, 0.3) is 28.4 Å². The summed E-state index contributed by atoms with van der Waals surface area (Å²) in [5, 5.41) is 7.53. The van der Waals surface area contributed by atoms with Gasteiger partial charge in [-0.25, -0.2) is 4.98 Å². The predicted octanol–water partition coefficient (Wildman–Crippen LogP) is 3.53. The summed E-state index contributed by atoms with van der Waals surface area (Å²) in [5.41, 5.74) is 0.609. The van der Waals surface area contributed by atoms with Crippen LogP contribution in [0.1, 0.15) is 29.6 Å². The first kappa shape index (κ1) is 21.1. The number of H-pyrrole nitrogens is 1. The summed E-state index contributed by atoms with van der Waals surface area (Å²) in [5.74, 6) is -0.0502. The lowest BCUT2D eigenvalue weighted by molar-refractivity contribution is 0.0996. The van der Waals surface area contributed by atoms with Crippen molar-refractivity contribution in [1.29, 1.82) is 0 Å². The zero-order chi connectivity index (χ0) is 23.7. The topological polar surface area (TPSA) is 136 Å². The SMILES string of the molecule is CCCc1cc(=O)[nH]c(-n2nc(-c3ccco3)cc2NC(=O)c2cc(=O)c3ccccc3o2)n1. The third kappa shape index (κ3) is 4.04. The molecular formula is C24H19N5O5. The second-order valence-corrected chi connectivity index (χ2v) is 7.54. The van der Waals surface area contributed by atoms with Crippen LogP contribution >= 0.6 is 0 Å². The molecule has 0 atom stereocenters. The lowest BCUT2D eigenvalue weighted by Crippen LogP contribution is -2.20. The molecule has 10 nitrogen and oxygen atoms in total. The number of furan rings is 1. The molecule has 4 aromatic heterocycles. The quantitative estimate of drug-likeness (QED) is 0.398. The van der Waals surface area contributed by atoms with E-state index in [1.165, 1.54) is 17.0 Å². The molecule has 0 radical (unpaired) electrons. The minimum Gasteiger partial charge on any atom is -0.463 e. The summed E-state index contributed by atoms with van der Waals surface area (Å²) < 4.78 is 12.4. The van der Waals surface area contributed by atoms with Crippen molar-refractivity contribution < 1.29 is 13.6 Å². The van der Waals surface area contributed by atoms with E-state index in [0.29, 0.717) is 34.5 Å². The Balaban J connectivity index is 1.58. The first-order valence-electron chi connectivity index (χ1n) is 10.6. The standard InChI is InChI=1S/C24H19N5O5/c1-2-6-14-11-22(31)27-24(25-14)29-21(12-16(28-29)19-9-5-10-33-19)26-23(32)20-13-17(30)15-7-3-4-8-18(15)34-20/h3-5,7-13H,2,6H2,1H3,(H,26,32)(H,25,27,31). The fourth-order valence-corrected chi connectivity index (χ4v) is 3.55. The number of carbonyl (C=O) groups excluding carboxylic acids is 1. The van der Waals surface area contributed by atoms with Gasteiger partial charge in [0.1, 0.15) is 17.1 Å². The molecule has 0 aliphatic carbocycles. The number of hydrogen-bond donors (Lipinski definition) is 2. The van der Waals surface area contributed by atoms with Gasteiger partial charge in [-0.2, -0.15) is 9.78 Å². The van der Waals surface area contributed by atoms with E-state index < -0.39 is 5.91 Å². The summed E-state index contributed by atoms with van der Waals surface area (Å²) in [7, 11) is 0. The Hall–Kier alpha value is -4.73. The van der Waals surface area contributed by atoms with E-state index >= 15 is 0 Å². The van der Waals surface area contributed by atoms with Gasteiger partial charge in [-0.15, -0.1) is 0 Å². The molecular weight excluding hydrogens is 438 g/mol. The summed E-state index contributed by atoms with van der Waals surface area (Å²) in [4.78, 5) is 44.8. The average molecular weight is 457 g/mol. The molecule has 5 rings (SSSR count). The summed E-state index contributed by atoms with van der Waals surface area (Å²) in [6.45, 7) is 1.98. The number of hydrogen-bond acceptors (Lipinski definition) is 7. The second kappa shape index (κ2) is 8.66. The summed E-state index contributed by atoms with van der Waals surface area (Å²) >= 11 is 0. The third-order valence-corrected chi connectivity index (χ3v) is 5.07. The molecule has 0 saturated carbocycles. The predicted molar refractivity (Wildman–Crippen MR) is 124 cm³/mol. The molecule has 0 aliphatic rings. The lowest BCUT2D eigenvalue weighted by atomic mass is 10.2. The van der Waals surface area contributed by atoms with E-state index in [1.54, 1.807) is 42.5 Å². The van der Waals surface area contributed by atoms with Gasteiger partial charge in [0.05, 0.1) is 11.6 Å². The van der Waals surface area contributed by atoms with Crippen LogP contribution in [0.2, 0.25) is 0 Å². The average Bonchev–Trinajstić information content (AvgIpc) is 3.49. The van der Waals surface area contributed by atoms with Crippen molar-refractivity contribution in [3.8, 4) is 17.4 Å². The molecule has 1 aromatic carbocycles. The van der Waals surface area contributed by atoms with Crippen LogP contribution in [-0.2, 0) is 6.42 Å². The van der Waals surface area contributed by atoms with Crippen LogP contribution in [0.4, 0.5) is 5.82 Å². The molecule has 0 aliphatic heterocycles. The van der Waals surface area contributed by atoms with Crippen molar-refractivity contribution in [2.24, 2.45) is 0 Å². The number of nitrogens with one attached hydrogen (secondary N) is 2. The Kier molecular flexibility index (Phi) is 5.38. The van der Waals surface area contributed by atoms with Crippen molar-refractivity contribution in [1.82, 2.24) is 19.7 Å². The smallest absolute Gasteiger partial charge is 0.292 e. The molecule has 2 N–H and O–H groups in total. The molecule has 0 bridgehead atoms. The molecule has 34 heavy (non-hydrogen) atoms. The highest BCUT2D eigenvalue weighted by Crippen LogP contribution is 2.24. The fourth-order valence-electron chi connectivity index (χ4n) is 3.55. The summed E-state index contributed by atoms with van der Waals surface area (Å²) in [6.07, 6.45) is 2.91. The minimum atomic E-state index is -0.665. The van der Waals surface area contributed by atoms with Crippen LogP contribution in [-0.4, -0.2) is 25.7 Å². The van der Waals surface area contributed by atoms with Gasteiger partial charge >= 0.3 is 0 Å². The molecule has 0 spiro atoms. The van der Waals surface area contributed by atoms with Gasteiger partial charge in [0.25, 0.3) is 11.5 Å². The van der Waals surface area contributed by atoms with Crippen molar-refractivity contribution >= 4 is 22.7 Å². The third-order valence-electron chi connectivity index (χ3n) is 5.07. The van der Waals surface area contributed by atoms with E-state index in [0.717, 1.165) is 12.5 Å². The van der Waals surface area contributed by atoms with E-state index in [4.69, 9.17) is 8.83 Å². The Bertz CT molecular complexity index is 1610. The molecule has 0 fully saturated rings. The molecule has 5 aromatic rings. The first-order valence-corrected chi connectivity index (χ1v) is 10.6. The Morgan fingerprint density at radius 1 is 1.12 bits per heavy atom. The molecule has 4 heterocycles. The molecule has 0 saturated heterocycles. The van der Waals surface area contributed by atoms with Crippen molar-refractivity contribution in [3.05, 3.63) is 92.9 Å². The Labute approximate surface area is 191 Å². The largest absolute Gasteiger partial charge is 0.463 e. The Morgan fingerprint density at radius 2 is 1.97 bits per heavy atom. The zero-order valence-corrected chi connectivity index (χ0v) is 18.1. The van der Waals surface area contributed by atoms with Gasteiger partial charge < -0.3 is 14.2 Å². The van der Waals surface area contributed by atoms with Gasteiger partial charge in [-0.3, -0.25) is 19.4 Å². The van der Waals surface area contributed by atoms with Gasteiger partial charge in [0, 0.05) is 23.9 Å².